The molecule has 1 atom stereocenters. The van der Waals surface area contributed by atoms with E-state index in [9.17, 15) is 9.59 Å². The van der Waals surface area contributed by atoms with E-state index in [1.807, 2.05) is 0 Å². The van der Waals surface area contributed by atoms with Crippen molar-refractivity contribution in [2.75, 3.05) is 13.1 Å². The van der Waals surface area contributed by atoms with Crippen molar-refractivity contribution in [1.82, 2.24) is 4.90 Å². The summed E-state index contributed by atoms with van der Waals surface area (Å²) in [6.45, 7) is 7.23. The standard InChI is InChI=1S/C16H20ClNO2/c1-16(2,3)12-8-15(20)18(9-12)10-14(19)11-4-6-13(17)7-5-11/h4-7,12H,8-10H2,1-3H3. The predicted molar refractivity (Wildman–Crippen MR) is 79.9 cm³/mol. The quantitative estimate of drug-likeness (QED) is 0.801. The van der Waals surface area contributed by atoms with Gasteiger partial charge in [-0.05, 0) is 35.6 Å². The third-order valence-electron chi connectivity index (χ3n) is 3.94. The third-order valence-corrected chi connectivity index (χ3v) is 4.19. The summed E-state index contributed by atoms with van der Waals surface area (Å²) in [5.41, 5.74) is 0.690. The number of hydrogen-bond acceptors (Lipinski definition) is 2. The van der Waals surface area contributed by atoms with Gasteiger partial charge in [-0.15, -0.1) is 0 Å². The first kappa shape index (κ1) is 15.0. The van der Waals surface area contributed by atoms with Crippen molar-refractivity contribution in [2.45, 2.75) is 27.2 Å². The van der Waals surface area contributed by atoms with Crippen LogP contribution in [0, 0.1) is 11.3 Å². The van der Waals surface area contributed by atoms with Crippen LogP contribution in [0.4, 0.5) is 0 Å². The molecule has 1 heterocycles. The molecule has 0 radical (unpaired) electrons. The van der Waals surface area contributed by atoms with Crippen LogP contribution in [-0.2, 0) is 4.79 Å². The number of carbonyl (C=O) groups is 2. The highest BCUT2D eigenvalue weighted by Crippen LogP contribution is 2.34. The van der Waals surface area contributed by atoms with Crippen molar-refractivity contribution in [3.05, 3.63) is 34.9 Å². The molecule has 1 aliphatic rings. The van der Waals surface area contributed by atoms with Gasteiger partial charge in [-0.25, -0.2) is 0 Å². The van der Waals surface area contributed by atoms with Gasteiger partial charge in [0.25, 0.3) is 0 Å². The molecule has 2 rings (SSSR count). The van der Waals surface area contributed by atoms with Gasteiger partial charge in [0.2, 0.25) is 5.91 Å². The molecule has 0 saturated carbocycles. The summed E-state index contributed by atoms with van der Waals surface area (Å²) in [5.74, 6) is 0.352. The van der Waals surface area contributed by atoms with E-state index in [1.165, 1.54) is 0 Å². The van der Waals surface area contributed by atoms with Crippen molar-refractivity contribution in [1.29, 1.82) is 0 Å². The van der Waals surface area contributed by atoms with Gasteiger partial charge in [0.1, 0.15) is 0 Å². The smallest absolute Gasteiger partial charge is 0.223 e. The first-order valence-corrected chi connectivity index (χ1v) is 7.21. The lowest BCUT2D eigenvalue weighted by atomic mass is 9.80. The van der Waals surface area contributed by atoms with Crippen LogP contribution in [0.25, 0.3) is 0 Å². The fourth-order valence-electron chi connectivity index (χ4n) is 2.41. The van der Waals surface area contributed by atoms with E-state index in [0.29, 0.717) is 29.5 Å². The second-order valence-electron chi connectivity index (χ2n) is 6.47. The van der Waals surface area contributed by atoms with Crippen LogP contribution < -0.4 is 0 Å². The lowest BCUT2D eigenvalue weighted by Gasteiger charge is -2.26. The number of benzene rings is 1. The van der Waals surface area contributed by atoms with Crippen LogP contribution in [0.15, 0.2) is 24.3 Å². The molecule has 1 unspecified atom stereocenters. The molecular weight excluding hydrogens is 274 g/mol. The number of halogens is 1. The van der Waals surface area contributed by atoms with Crippen LogP contribution in [-0.4, -0.2) is 29.7 Å². The molecule has 4 heteroatoms. The van der Waals surface area contributed by atoms with Crippen molar-refractivity contribution in [2.24, 2.45) is 11.3 Å². The summed E-state index contributed by atoms with van der Waals surface area (Å²) in [4.78, 5) is 25.9. The molecule has 20 heavy (non-hydrogen) atoms. The molecule has 1 fully saturated rings. The van der Waals surface area contributed by atoms with E-state index in [4.69, 9.17) is 11.6 Å². The Kier molecular flexibility index (Phi) is 4.19. The maximum Gasteiger partial charge on any atom is 0.223 e. The minimum absolute atomic E-state index is 0.0374. The fraction of sp³-hybridized carbons (Fsp3) is 0.500. The van der Waals surface area contributed by atoms with E-state index in [0.717, 1.165) is 0 Å². The number of carbonyl (C=O) groups excluding carboxylic acids is 2. The SMILES string of the molecule is CC(C)(C)C1CC(=O)N(CC(=O)c2ccc(Cl)cc2)C1. The molecule has 0 bridgehead atoms. The zero-order chi connectivity index (χ0) is 14.9. The second kappa shape index (κ2) is 5.57. The van der Waals surface area contributed by atoms with Gasteiger partial charge in [-0.1, -0.05) is 32.4 Å². The van der Waals surface area contributed by atoms with Gasteiger partial charge in [0.15, 0.2) is 5.78 Å². The normalized spacial score (nSPS) is 19.5. The Hall–Kier alpha value is -1.35. The minimum atomic E-state index is -0.0374. The third kappa shape index (κ3) is 3.40. The van der Waals surface area contributed by atoms with Crippen molar-refractivity contribution >= 4 is 23.3 Å². The number of hydrogen-bond donors (Lipinski definition) is 0. The molecule has 1 saturated heterocycles. The highest BCUT2D eigenvalue weighted by atomic mass is 35.5. The van der Waals surface area contributed by atoms with Crippen LogP contribution >= 0.6 is 11.6 Å². The number of ketones is 1. The fourth-order valence-corrected chi connectivity index (χ4v) is 2.53. The highest BCUT2D eigenvalue weighted by Gasteiger charge is 2.37. The Balaban J connectivity index is 2.02. The Bertz CT molecular complexity index is 516. The molecule has 0 spiro atoms. The predicted octanol–water partition coefficient (Wildman–Crippen LogP) is 3.42. The van der Waals surface area contributed by atoms with E-state index >= 15 is 0 Å². The number of rotatable bonds is 3. The Morgan fingerprint density at radius 1 is 1.30 bits per heavy atom. The summed E-state index contributed by atoms with van der Waals surface area (Å²) >= 11 is 5.80. The lowest BCUT2D eigenvalue weighted by Crippen LogP contribution is -2.32. The molecule has 3 nitrogen and oxygen atoms in total. The first-order chi connectivity index (χ1) is 9.27. The Labute approximate surface area is 124 Å². The van der Waals surface area contributed by atoms with Crippen molar-refractivity contribution in [3.8, 4) is 0 Å². The van der Waals surface area contributed by atoms with E-state index in [1.54, 1.807) is 29.2 Å². The van der Waals surface area contributed by atoms with Crippen molar-refractivity contribution in [3.63, 3.8) is 0 Å². The van der Waals surface area contributed by atoms with Crippen LogP contribution in [0.2, 0.25) is 5.02 Å². The number of Topliss-reactive ketones (excluding diaryl/α,β-unsaturated/α-hetero) is 1. The number of amides is 1. The van der Waals surface area contributed by atoms with Gasteiger partial charge in [0.05, 0.1) is 6.54 Å². The minimum Gasteiger partial charge on any atom is -0.335 e. The molecule has 1 aromatic rings. The monoisotopic (exact) mass is 293 g/mol. The summed E-state index contributed by atoms with van der Waals surface area (Å²) < 4.78 is 0. The summed E-state index contributed by atoms with van der Waals surface area (Å²) in [6.07, 6.45) is 0.539. The Morgan fingerprint density at radius 3 is 2.40 bits per heavy atom. The molecule has 1 aromatic carbocycles. The molecule has 0 aliphatic carbocycles. The average Bonchev–Trinajstić information content (AvgIpc) is 2.71. The Morgan fingerprint density at radius 2 is 1.90 bits per heavy atom. The van der Waals surface area contributed by atoms with Crippen LogP contribution in [0.5, 0.6) is 0 Å². The summed E-state index contributed by atoms with van der Waals surface area (Å²) in [5, 5.41) is 0.603. The second-order valence-corrected chi connectivity index (χ2v) is 6.91. The van der Waals surface area contributed by atoms with Gasteiger partial charge in [-0.2, -0.15) is 0 Å². The maximum absolute atomic E-state index is 12.2. The molecule has 1 aliphatic heterocycles. The largest absolute Gasteiger partial charge is 0.335 e. The van der Waals surface area contributed by atoms with Crippen LogP contribution in [0.3, 0.4) is 0 Å². The van der Waals surface area contributed by atoms with Gasteiger partial charge in [0, 0.05) is 23.6 Å². The molecule has 1 amide bonds. The summed E-state index contributed by atoms with van der Waals surface area (Å²) in [6, 6.07) is 6.79. The number of nitrogens with zero attached hydrogens (tertiary/aromatic N) is 1. The molecule has 108 valence electrons. The molecule has 0 N–H and O–H groups in total. The zero-order valence-electron chi connectivity index (χ0n) is 12.1. The van der Waals surface area contributed by atoms with Crippen LogP contribution in [0.1, 0.15) is 37.6 Å². The zero-order valence-corrected chi connectivity index (χ0v) is 12.9. The van der Waals surface area contributed by atoms with Gasteiger partial charge >= 0.3 is 0 Å². The molecular formula is C16H20ClNO2. The highest BCUT2D eigenvalue weighted by molar-refractivity contribution is 6.30. The maximum atomic E-state index is 12.2. The first-order valence-electron chi connectivity index (χ1n) is 6.84. The lowest BCUT2D eigenvalue weighted by molar-refractivity contribution is -0.127. The number of likely N-dealkylation sites (tertiary alicyclic amines) is 1. The average molecular weight is 294 g/mol. The van der Waals surface area contributed by atoms with Gasteiger partial charge in [-0.3, -0.25) is 9.59 Å². The van der Waals surface area contributed by atoms with E-state index in [2.05, 4.69) is 20.8 Å². The topological polar surface area (TPSA) is 37.4 Å². The van der Waals surface area contributed by atoms with Crippen molar-refractivity contribution < 1.29 is 9.59 Å². The van der Waals surface area contributed by atoms with E-state index < -0.39 is 0 Å². The summed E-state index contributed by atoms with van der Waals surface area (Å²) in [7, 11) is 0. The van der Waals surface area contributed by atoms with E-state index in [-0.39, 0.29) is 23.7 Å². The van der Waals surface area contributed by atoms with Gasteiger partial charge < -0.3 is 4.90 Å². The molecule has 0 aromatic heterocycles.